The van der Waals surface area contributed by atoms with Crippen molar-refractivity contribution in [3.05, 3.63) is 48.3 Å². The molecule has 2 aromatic rings. The average molecular weight is 468 g/mol. The van der Waals surface area contributed by atoms with Crippen LogP contribution in [0.3, 0.4) is 0 Å². The number of rotatable bonds is 12. The summed E-state index contributed by atoms with van der Waals surface area (Å²) in [6.07, 6.45) is 2.09. The zero-order valence-electron chi connectivity index (χ0n) is 17.5. The fourth-order valence-corrected chi connectivity index (χ4v) is 4.06. The lowest BCUT2D eigenvalue weighted by atomic mass is 10.2. The first kappa shape index (κ1) is 23.8. The second-order valence-electron chi connectivity index (χ2n) is 7.04. The van der Waals surface area contributed by atoms with Crippen LogP contribution in [0.4, 0.5) is 4.39 Å². The Morgan fingerprint density at radius 3 is 2.50 bits per heavy atom. The molecule has 0 unspecified atom stereocenters. The minimum absolute atomic E-state index is 0.103. The predicted octanol–water partition coefficient (Wildman–Crippen LogP) is 3.06. The molecule has 1 N–H and O–H groups in total. The molecule has 0 saturated carbocycles. The quantitative estimate of drug-likeness (QED) is 0.378. The van der Waals surface area contributed by atoms with Gasteiger partial charge in [0.05, 0.1) is 4.90 Å². The van der Waals surface area contributed by atoms with Gasteiger partial charge in [0.1, 0.15) is 38.0 Å². The van der Waals surface area contributed by atoms with E-state index in [1.165, 1.54) is 36.4 Å². The summed E-state index contributed by atoms with van der Waals surface area (Å²) < 4.78 is 61.4. The van der Waals surface area contributed by atoms with Gasteiger partial charge in [0.2, 0.25) is 10.0 Å². The highest BCUT2D eigenvalue weighted by Crippen LogP contribution is 2.32. The first-order valence-electron chi connectivity index (χ1n) is 10.4. The van der Waals surface area contributed by atoms with Crippen molar-refractivity contribution >= 4 is 16.0 Å². The number of hydrogen-bond acceptors (Lipinski definition) is 7. The number of hydrogen-bond donors (Lipinski definition) is 1. The third-order valence-electron chi connectivity index (χ3n) is 4.60. The first-order chi connectivity index (χ1) is 15.4. The molecule has 0 aliphatic carbocycles. The number of halogens is 1. The molecule has 1 aliphatic heterocycles. The van der Waals surface area contributed by atoms with Gasteiger partial charge in [-0.25, -0.2) is 17.5 Å². The third-order valence-corrected chi connectivity index (χ3v) is 6.06. The molecule has 8 nitrogen and oxygen atoms in total. The van der Waals surface area contributed by atoms with Crippen molar-refractivity contribution in [3.8, 4) is 17.2 Å². The molecule has 0 atom stereocenters. The van der Waals surface area contributed by atoms with Crippen molar-refractivity contribution in [2.45, 2.75) is 30.6 Å². The molecule has 3 rings (SSSR count). The number of sulfonamides is 1. The summed E-state index contributed by atoms with van der Waals surface area (Å²) in [5, 5.41) is 0. The number of carbonyl (C=O) groups is 1. The molecular weight excluding hydrogens is 441 g/mol. The molecule has 1 aliphatic rings. The van der Waals surface area contributed by atoms with E-state index in [1.54, 1.807) is 6.07 Å². The standard InChI is InChI=1S/C22H26FNO7S/c23-17-5-7-18(8-6-17)28-12-15-31-22(25)4-2-1-3-11-24-32(26,27)19-9-10-20-21(16-19)30-14-13-29-20/h5-10,16,24H,1-4,11-15H2. The van der Waals surface area contributed by atoms with E-state index < -0.39 is 10.0 Å². The maximum absolute atomic E-state index is 12.8. The van der Waals surface area contributed by atoms with Crippen LogP contribution in [0.25, 0.3) is 0 Å². The van der Waals surface area contributed by atoms with E-state index in [2.05, 4.69) is 4.72 Å². The van der Waals surface area contributed by atoms with Gasteiger partial charge >= 0.3 is 5.97 Å². The van der Waals surface area contributed by atoms with E-state index >= 15 is 0 Å². The Balaban J connectivity index is 1.26. The van der Waals surface area contributed by atoms with Gasteiger partial charge in [0.15, 0.2) is 11.5 Å². The molecule has 174 valence electrons. The summed E-state index contributed by atoms with van der Waals surface area (Å²) in [4.78, 5) is 11.9. The van der Waals surface area contributed by atoms with Crippen LogP contribution in [-0.4, -0.2) is 47.4 Å². The average Bonchev–Trinajstić information content (AvgIpc) is 2.80. The van der Waals surface area contributed by atoms with E-state index in [0.717, 1.165) is 0 Å². The van der Waals surface area contributed by atoms with Crippen molar-refractivity contribution in [3.63, 3.8) is 0 Å². The van der Waals surface area contributed by atoms with Crippen LogP contribution in [0.5, 0.6) is 17.2 Å². The van der Waals surface area contributed by atoms with Crippen molar-refractivity contribution in [2.24, 2.45) is 0 Å². The Hall–Kier alpha value is -2.85. The first-order valence-corrected chi connectivity index (χ1v) is 11.9. The van der Waals surface area contributed by atoms with E-state index in [1.807, 2.05) is 0 Å². The molecule has 10 heteroatoms. The number of nitrogens with one attached hydrogen (secondary N) is 1. The highest BCUT2D eigenvalue weighted by molar-refractivity contribution is 7.89. The van der Waals surface area contributed by atoms with Gasteiger partial charge in [-0.3, -0.25) is 4.79 Å². The summed E-state index contributed by atoms with van der Waals surface area (Å²) in [6, 6.07) is 10.1. The number of unbranched alkanes of at least 4 members (excludes halogenated alkanes) is 2. The summed E-state index contributed by atoms with van der Waals surface area (Å²) in [7, 11) is -3.65. The normalized spacial score (nSPS) is 12.9. The smallest absolute Gasteiger partial charge is 0.305 e. The number of esters is 1. The minimum atomic E-state index is -3.65. The van der Waals surface area contributed by atoms with Crippen LogP contribution in [0.15, 0.2) is 47.4 Å². The summed E-state index contributed by atoms with van der Waals surface area (Å²) in [5.74, 6) is 0.760. The van der Waals surface area contributed by atoms with Gasteiger partial charge in [0, 0.05) is 19.0 Å². The summed E-state index contributed by atoms with van der Waals surface area (Å²) in [5.41, 5.74) is 0. The fourth-order valence-electron chi connectivity index (χ4n) is 2.97. The van der Waals surface area contributed by atoms with Gasteiger partial charge in [-0.2, -0.15) is 0 Å². The van der Waals surface area contributed by atoms with E-state index in [9.17, 15) is 17.6 Å². The maximum Gasteiger partial charge on any atom is 0.305 e. The number of benzene rings is 2. The molecular formula is C22H26FNO7S. The molecule has 0 bridgehead atoms. The molecule has 0 amide bonds. The molecule has 0 fully saturated rings. The van der Waals surface area contributed by atoms with Crippen molar-refractivity contribution in [2.75, 3.05) is 33.0 Å². The lowest BCUT2D eigenvalue weighted by Gasteiger charge is -2.18. The second-order valence-corrected chi connectivity index (χ2v) is 8.80. The second kappa shape index (κ2) is 11.7. The monoisotopic (exact) mass is 467 g/mol. The maximum atomic E-state index is 12.8. The Kier molecular flexibility index (Phi) is 8.69. The lowest BCUT2D eigenvalue weighted by Crippen LogP contribution is -2.25. The number of carbonyl (C=O) groups excluding carboxylic acids is 1. The lowest BCUT2D eigenvalue weighted by molar-refractivity contribution is -0.144. The largest absolute Gasteiger partial charge is 0.490 e. The SMILES string of the molecule is O=C(CCCCCNS(=O)(=O)c1ccc2c(c1)OCCO2)OCCOc1ccc(F)cc1. The molecule has 2 aromatic carbocycles. The van der Waals surface area contributed by atoms with Gasteiger partial charge in [-0.05, 0) is 49.2 Å². The zero-order valence-corrected chi connectivity index (χ0v) is 18.4. The van der Waals surface area contributed by atoms with E-state index in [-0.39, 0.29) is 42.9 Å². The molecule has 0 saturated heterocycles. The highest BCUT2D eigenvalue weighted by Gasteiger charge is 2.18. The topological polar surface area (TPSA) is 100 Å². The van der Waals surface area contributed by atoms with Crippen molar-refractivity contribution in [1.29, 1.82) is 0 Å². The fraction of sp³-hybridized carbons (Fsp3) is 0.409. The van der Waals surface area contributed by atoms with Gasteiger partial charge in [-0.15, -0.1) is 0 Å². The van der Waals surface area contributed by atoms with Crippen LogP contribution in [0.2, 0.25) is 0 Å². The van der Waals surface area contributed by atoms with Crippen molar-refractivity contribution < 1.29 is 36.6 Å². The summed E-state index contributed by atoms with van der Waals surface area (Å²) >= 11 is 0. The predicted molar refractivity (Wildman–Crippen MR) is 114 cm³/mol. The Morgan fingerprint density at radius 2 is 1.72 bits per heavy atom. The Bertz CT molecular complexity index is 996. The molecule has 0 spiro atoms. The van der Waals surface area contributed by atoms with E-state index in [0.29, 0.717) is 49.7 Å². The van der Waals surface area contributed by atoms with Crippen molar-refractivity contribution in [1.82, 2.24) is 4.72 Å². The molecule has 1 heterocycles. The number of ether oxygens (including phenoxy) is 4. The van der Waals surface area contributed by atoms with Gasteiger partial charge in [0.25, 0.3) is 0 Å². The van der Waals surface area contributed by atoms with Crippen LogP contribution in [0.1, 0.15) is 25.7 Å². The van der Waals surface area contributed by atoms with E-state index in [4.69, 9.17) is 18.9 Å². The molecule has 32 heavy (non-hydrogen) atoms. The van der Waals surface area contributed by atoms with Crippen LogP contribution < -0.4 is 18.9 Å². The highest BCUT2D eigenvalue weighted by atomic mass is 32.2. The third kappa shape index (κ3) is 7.38. The van der Waals surface area contributed by atoms with Gasteiger partial charge in [-0.1, -0.05) is 6.42 Å². The zero-order chi connectivity index (χ0) is 22.8. The van der Waals surface area contributed by atoms with Crippen LogP contribution in [0, 0.1) is 5.82 Å². The van der Waals surface area contributed by atoms with Crippen LogP contribution >= 0.6 is 0 Å². The molecule has 0 aromatic heterocycles. The van der Waals surface area contributed by atoms with Gasteiger partial charge < -0.3 is 18.9 Å². The molecule has 0 radical (unpaired) electrons. The minimum Gasteiger partial charge on any atom is -0.490 e. The summed E-state index contributed by atoms with van der Waals surface area (Å²) in [6.45, 7) is 1.37. The van der Waals surface area contributed by atoms with Crippen LogP contribution in [-0.2, 0) is 19.6 Å². The Labute approximate surface area is 186 Å². The number of fused-ring (bicyclic) bond motifs is 1. The Morgan fingerprint density at radius 1 is 0.969 bits per heavy atom.